The molecule has 0 amide bonds. The molecule has 1 fully saturated rings. The quantitative estimate of drug-likeness (QED) is 0.786. The van der Waals surface area contributed by atoms with Crippen LogP contribution in [0.3, 0.4) is 0 Å². The van der Waals surface area contributed by atoms with Crippen molar-refractivity contribution in [2.75, 3.05) is 5.32 Å². The van der Waals surface area contributed by atoms with E-state index in [1.54, 1.807) is 6.20 Å². The molecule has 0 aromatic carbocycles. The molecule has 25 heavy (non-hydrogen) atoms. The van der Waals surface area contributed by atoms with Gasteiger partial charge in [0.2, 0.25) is 0 Å². The smallest absolute Gasteiger partial charge is 0.158 e. The molecule has 3 heterocycles. The molecule has 0 unspecified atom stereocenters. The highest BCUT2D eigenvalue weighted by Gasteiger charge is 2.15. The van der Waals surface area contributed by atoms with Gasteiger partial charge in [-0.15, -0.1) is 0 Å². The van der Waals surface area contributed by atoms with Gasteiger partial charge < -0.3 is 9.88 Å². The number of fused-ring (bicyclic) bond motifs is 1. The Balaban J connectivity index is 1.55. The van der Waals surface area contributed by atoms with E-state index >= 15 is 0 Å². The summed E-state index contributed by atoms with van der Waals surface area (Å²) in [6, 6.07) is 3.95. The predicted molar refractivity (Wildman–Crippen MR) is 94.1 cm³/mol. The fraction of sp³-hybridized carbons (Fsp3) is 0.389. The van der Waals surface area contributed by atoms with Crippen LogP contribution in [-0.2, 0) is 6.54 Å². The molecule has 1 aliphatic carbocycles. The minimum absolute atomic E-state index is 0.291. The van der Waals surface area contributed by atoms with Crippen LogP contribution in [0.25, 0.3) is 11.0 Å². The minimum Gasteiger partial charge on any atom is -0.330 e. The number of aromatic nitrogens is 5. The van der Waals surface area contributed by atoms with Crippen molar-refractivity contribution >= 4 is 22.7 Å². The molecule has 0 radical (unpaired) electrons. The van der Waals surface area contributed by atoms with Gasteiger partial charge in [0.05, 0.1) is 30.4 Å². The molecule has 7 nitrogen and oxygen atoms in total. The third-order valence-corrected chi connectivity index (χ3v) is 4.71. The van der Waals surface area contributed by atoms with E-state index < -0.39 is 0 Å². The number of hydrogen-bond acceptors (Lipinski definition) is 6. The lowest BCUT2D eigenvalue weighted by Gasteiger charge is -2.22. The number of nitrogens with one attached hydrogen (secondary N) is 1. The lowest BCUT2D eigenvalue weighted by molar-refractivity contribution is 0.322. The molecule has 4 rings (SSSR count). The van der Waals surface area contributed by atoms with Crippen LogP contribution in [-0.4, -0.2) is 24.5 Å². The SMILES string of the molecule is N#Cc1cnc(Nc2cc3c(cn2)ncn3CC2CCCCC2)cn1. The summed E-state index contributed by atoms with van der Waals surface area (Å²) in [6.45, 7) is 1.01. The van der Waals surface area contributed by atoms with Crippen LogP contribution in [0.15, 0.2) is 31.0 Å². The molecule has 1 saturated carbocycles. The minimum atomic E-state index is 0.291. The van der Waals surface area contributed by atoms with Crippen molar-refractivity contribution < 1.29 is 0 Å². The van der Waals surface area contributed by atoms with Gasteiger partial charge in [-0.3, -0.25) is 0 Å². The predicted octanol–water partition coefficient (Wildman–Crippen LogP) is 3.42. The average molecular weight is 333 g/mol. The molecule has 1 aliphatic rings. The van der Waals surface area contributed by atoms with Gasteiger partial charge in [-0.05, 0) is 18.8 Å². The van der Waals surface area contributed by atoms with Crippen molar-refractivity contribution in [1.82, 2.24) is 24.5 Å². The van der Waals surface area contributed by atoms with Crippen LogP contribution in [0.5, 0.6) is 0 Å². The second kappa shape index (κ2) is 6.85. The summed E-state index contributed by atoms with van der Waals surface area (Å²) in [7, 11) is 0. The molecule has 3 aromatic heterocycles. The second-order valence-corrected chi connectivity index (χ2v) is 6.48. The van der Waals surface area contributed by atoms with Gasteiger partial charge in [0, 0.05) is 12.6 Å². The van der Waals surface area contributed by atoms with E-state index in [0.29, 0.717) is 17.3 Å². The Morgan fingerprint density at radius 2 is 1.88 bits per heavy atom. The van der Waals surface area contributed by atoms with Crippen LogP contribution in [0.4, 0.5) is 11.6 Å². The van der Waals surface area contributed by atoms with Crippen molar-refractivity contribution in [1.29, 1.82) is 5.26 Å². The van der Waals surface area contributed by atoms with Crippen LogP contribution in [0.2, 0.25) is 0 Å². The van der Waals surface area contributed by atoms with E-state index in [1.165, 1.54) is 44.5 Å². The summed E-state index contributed by atoms with van der Waals surface area (Å²) in [4.78, 5) is 17.0. The van der Waals surface area contributed by atoms with Crippen molar-refractivity contribution in [3.05, 3.63) is 36.7 Å². The number of pyridine rings is 1. The van der Waals surface area contributed by atoms with E-state index in [0.717, 1.165) is 23.5 Å². The maximum atomic E-state index is 8.78. The number of anilines is 2. The number of rotatable bonds is 4. The van der Waals surface area contributed by atoms with Crippen molar-refractivity contribution in [3.63, 3.8) is 0 Å². The summed E-state index contributed by atoms with van der Waals surface area (Å²) in [5, 5.41) is 11.9. The average Bonchev–Trinajstić information content (AvgIpc) is 3.05. The highest BCUT2D eigenvalue weighted by atomic mass is 15.1. The molecular formula is C18H19N7. The van der Waals surface area contributed by atoms with Gasteiger partial charge >= 0.3 is 0 Å². The Hall–Kier alpha value is -3.01. The Labute approximate surface area is 145 Å². The summed E-state index contributed by atoms with van der Waals surface area (Å²) in [5.74, 6) is 1.99. The first-order valence-electron chi connectivity index (χ1n) is 8.62. The largest absolute Gasteiger partial charge is 0.330 e. The molecule has 0 saturated heterocycles. The van der Waals surface area contributed by atoms with Crippen LogP contribution >= 0.6 is 0 Å². The first-order chi connectivity index (χ1) is 12.3. The first kappa shape index (κ1) is 15.5. The maximum absolute atomic E-state index is 8.78. The van der Waals surface area contributed by atoms with E-state index in [-0.39, 0.29) is 0 Å². The molecule has 1 N–H and O–H groups in total. The van der Waals surface area contributed by atoms with E-state index in [9.17, 15) is 0 Å². The van der Waals surface area contributed by atoms with Gasteiger partial charge in [0.15, 0.2) is 5.69 Å². The number of hydrogen-bond donors (Lipinski definition) is 1. The lowest BCUT2D eigenvalue weighted by atomic mass is 9.89. The van der Waals surface area contributed by atoms with Gasteiger partial charge in [-0.1, -0.05) is 19.3 Å². The third-order valence-electron chi connectivity index (χ3n) is 4.71. The Kier molecular flexibility index (Phi) is 4.25. The zero-order chi connectivity index (χ0) is 17.1. The highest BCUT2D eigenvalue weighted by Crippen LogP contribution is 2.27. The summed E-state index contributed by atoms with van der Waals surface area (Å²) < 4.78 is 2.22. The zero-order valence-corrected chi connectivity index (χ0v) is 13.9. The Bertz CT molecular complexity index is 901. The van der Waals surface area contributed by atoms with E-state index in [4.69, 9.17) is 5.26 Å². The van der Waals surface area contributed by atoms with E-state index in [2.05, 4.69) is 29.8 Å². The van der Waals surface area contributed by atoms with Crippen LogP contribution in [0.1, 0.15) is 37.8 Å². The molecule has 126 valence electrons. The maximum Gasteiger partial charge on any atom is 0.158 e. The molecule has 0 bridgehead atoms. The normalized spacial score (nSPS) is 15.2. The summed E-state index contributed by atoms with van der Waals surface area (Å²) in [5.41, 5.74) is 2.26. The van der Waals surface area contributed by atoms with Gasteiger partial charge in [-0.25, -0.2) is 19.9 Å². The zero-order valence-electron chi connectivity index (χ0n) is 13.9. The monoisotopic (exact) mass is 333 g/mol. The van der Waals surface area contributed by atoms with Gasteiger partial charge in [0.25, 0.3) is 0 Å². The third kappa shape index (κ3) is 3.43. The highest BCUT2D eigenvalue weighted by molar-refractivity contribution is 5.78. The van der Waals surface area contributed by atoms with Crippen LogP contribution < -0.4 is 5.32 Å². The van der Waals surface area contributed by atoms with Crippen molar-refractivity contribution in [3.8, 4) is 6.07 Å². The molecular weight excluding hydrogens is 314 g/mol. The summed E-state index contributed by atoms with van der Waals surface area (Å²) in [6.07, 6.45) is 13.3. The van der Waals surface area contributed by atoms with E-state index in [1.807, 2.05) is 18.5 Å². The van der Waals surface area contributed by atoms with Crippen molar-refractivity contribution in [2.45, 2.75) is 38.6 Å². The second-order valence-electron chi connectivity index (χ2n) is 6.48. The Morgan fingerprint density at radius 1 is 1.04 bits per heavy atom. The molecule has 0 spiro atoms. The first-order valence-corrected chi connectivity index (χ1v) is 8.62. The topological polar surface area (TPSA) is 92.3 Å². The molecule has 7 heteroatoms. The van der Waals surface area contributed by atoms with Crippen LogP contribution in [0, 0.1) is 17.2 Å². The standard InChI is InChI=1S/C18H19N7/c19-7-14-8-21-18(10-20-14)24-17-6-16-15(9-22-17)23-12-25(16)11-13-4-2-1-3-5-13/h6,8-10,12-13H,1-5,11H2,(H,21,22,24). The fourth-order valence-corrected chi connectivity index (χ4v) is 3.40. The molecule has 0 atom stereocenters. The van der Waals surface area contributed by atoms with Gasteiger partial charge in [0.1, 0.15) is 23.2 Å². The number of nitriles is 1. The fourth-order valence-electron chi connectivity index (χ4n) is 3.40. The van der Waals surface area contributed by atoms with Crippen molar-refractivity contribution in [2.24, 2.45) is 5.92 Å². The Morgan fingerprint density at radius 3 is 2.64 bits per heavy atom. The lowest BCUT2D eigenvalue weighted by Crippen LogP contribution is -2.13. The number of nitrogens with zero attached hydrogens (tertiary/aromatic N) is 6. The summed E-state index contributed by atoms with van der Waals surface area (Å²) >= 11 is 0. The number of imidazole rings is 1. The van der Waals surface area contributed by atoms with Gasteiger partial charge in [-0.2, -0.15) is 5.26 Å². The molecule has 0 aliphatic heterocycles. The molecule has 3 aromatic rings.